The molecule has 1 aliphatic carbocycles. The molecule has 0 N–H and O–H groups in total. The van der Waals surface area contributed by atoms with Crippen LogP contribution in [0.15, 0.2) is 18.5 Å². The van der Waals surface area contributed by atoms with E-state index in [-0.39, 0.29) is 11.8 Å². The van der Waals surface area contributed by atoms with Crippen molar-refractivity contribution < 1.29 is 9.53 Å². The topological polar surface area (TPSA) is 47.4 Å². The summed E-state index contributed by atoms with van der Waals surface area (Å²) in [6.45, 7) is 5.01. The SMILES string of the molecule is COCC1CN(C(=O)c2ccc(C)s2)Cc2ncn(CC3CC3)c21. The predicted octanol–water partition coefficient (Wildman–Crippen LogP) is 3.05. The summed E-state index contributed by atoms with van der Waals surface area (Å²) < 4.78 is 7.74. The Balaban J connectivity index is 1.59. The second kappa shape index (κ2) is 6.33. The first kappa shape index (κ1) is 15.8. The third-order valence-electron chi connectivity index (χ3n) is 4.88. The van der Waals surface area contributed by atoms with E-state index < -0.39 is 0 Å². The lowest BCUT2D eigenvalue weighted by molar-refractivity contribution is 0.0677. The van der Waals surface area contributed by atoms with Crippen molar-refractivity contribution in [3.05, 3.63) is 39.6 Å². The first-order chi connectivity index (χ1) is 11.7. The van der Waals surface area contributed by atoms with Crippen LogP contribution in [0.3, 0.4) is 0 Å². The normalized spacial score (nSPS) is 20.2. The summed E-state index contributed by atoms with van der Waals surface area (Å²) in [5.74, 6) is 1.11. The molecule has 1 unspecified atom stereocenters. The van der Waals surface area contributed by atoms with Crippen molar-refractivity contribution in [2.75, 3.05) is 20.3 Å². The maximum atomic E-state index is 12.8. The van der Waals surface area contributed by atoms with Gasteiger partial charge >= 0.3 is 0 Å². The van der Waals surface area contributed by atoms with Crippen molar-refractivity contribution in [2.24, 2.45) is 5.92 Å². The average molecular weight is 345 g/mol. The number of thiophene rings is 1. The highest BCUT2D eigenvalue weighted by atomic mass is 32.1. The molecule has 0 aromatic carbocycles. The van der Waals surface area contributed by atoms with E-state index >= 15 is 0 Å². The summed E-state index contributed by atoms with van der Waals surface area (Å²) in [4.78, 5) is 21.3. The van der Waals surface area contributed by atoms with Crippen LogP contribution in [0.4, 0.5) is 0 Å². The lowest BCUT2D eigenvalue weighted by Crippen LogP contribution is -2.40. The van der Waals surface area contributed by atoms with Gasteiger partial charge in [-0.1, -0.05) is 0 Å². The Hall–Kier alpha value is -1.66. The van der Waals surface area contributed by atoms with Crippen LogP contribution in [0.2, 0.25) is 0 Å². The minimum absolute atomic E-state index is 0.108. The molecule has 24 heavy (non-hydrogen) atoms. The number of nitrogens with zero attached hydrogens (tertiary/aromatic N) is 3. The molecule has 2 aromatic heterocycles. The number of hydrogen-bond acceptors (Lipinski definition) is 4. The van der Waals surface area contributed by atoms with Gasteiger partial charge in [-0.3, -0.25) is 4.79 Å². The molecule has 0 radical (unpaired) electrons. The molecule has 0 spiro atoms. The standard InChI is InChI=1S/C18H23N3O2S/c1-12-3-6-16(24-12)18(22)20-8-14(10-23-2)17-15(9-20)19-11-21(17)7-13-4-5-13/h3,6,11,13-14H,4-5,7-10H2,1-2H3. The first-order valence-corrected chi connectivity index (χ1v) is 9.36. The Morgan fingerprint density at radius 1 is 1.42 bits per heavy atom. The number of carbonyl (C=O) groups is 1. The fraction of sp³-hybridized carbons (Fsp3) is 0.556. The molecule has 5 nitrogen and oxygen atoms in total. The Labute approximate surface area is 146 Å². The lowest BCUT2D eigenvalue weighted by Gasteiger charge is -2.32. The zero-order valence-corrected chi connectivity index (χ0v) is 15.0. The van der Waals surface area contributed by atoms with E-state index in [0.717, 1.165) is 23.0 Å². The molecule has 0 saturated heterocycles. The zero-order valence-electron chi connectivity index (χ0n) is 14.2. The van der Waals surface area contributed by atoms with Gasteiger partial charge in [0, 0.05) is 36.7 Å². The highest BCUT2D eigenvalue weighted by Gasteiger charge is 2.34. The van der Waals surface area contributed by atoms with Crippen LogP contribution in [0.1, 0.15) is 44.7 Å². The van der Waals surface area contributed by atoms with Crippen LogP contribution in [0.5, 0.6) is 0 Å². The summed E-state index contributed by atoms with van der Waals surface area (Å²) >= 11 is 1.56. The van der Waals surface area contributed by atoms with Crippen molar-refractivity contribution in [1.29, 1.82) is 0 Å². The van der Waals surface area contributed by atoms with Crippen LogP contribution in [0.25, 0.3) is 0 Å². The molecule has 1 amide bonds. The van der Waals surface area contributed by atoms with Crippen LogP contribution >= 0.6 is 11.3 Å². The molecular weight excluding hydrogens is 322 g/mol. The maximum Gasteiger partial charge on any atom is 0.264 e. The minimum Gasteiger partial charge on any atom is -0.384 e. The van der Waals surface area contributed by atoms with Gasteiger partial charge in [0.05, 0.1) is 30.1 Å². The average Bonchev–Trinajstić information content (AvgIpc) is 3.13. The molecule has 128 valence electrons. The van der Waals surface area contributed by atoms with Gasteiger partial charge < -0.3 is 14.2 Å². The molecule has 1 saturated carbocycles. The molecular formula is C18H23N3O2S. The van der Waals surface area contributed by atoms with Gasteiger partial charge in [0.2, 0.25) is 0 Å². The quantitative estimate of drug-likeness (QED) is 0.837. The fourth-order valence-electron chi connectivity index (χ4n) is 3.54. The number of methoxy groups -OCH3 is 1. The van der Waals surface area contributed by atoms with Gasteiger partial charge in [-0.25, -0.2) is 4.98 Å². The number of rotatable bonds is 5. The molecule has 6 heteroatoms. The second-order valence-electron chi connectivity index (χ2n) is 6.92. The van der Waals surface area contributed by atoms with Gasteiger partial charge in [0.15, 0.2) is 0 Å². The van der Waals surface area contributed by atoms with E-state index in [1.165, 1.54) is 23.4 Å². The Bertz CT molecular complexity index is 747. The Morgan fingerprint density at radius 2 is 2.25 bits per heavy atom. The van der Waals surface area contributed by atoms with E-state index in [0.29, 0.717) is 19.7 Å². The first-order valence-electron chi connectivity index (χ1n) is 8.54. The summed E-state index contributed by atoms with van der Waals surface area (Å²) in [5, 5.41) is 0. The van der Waals surface area contributed by atoms with Gasteiger partial charge in [-0.15, -0.1) is 11.3 Å². The van der Waals surface area contributed by atoms with E-state index in [4.69, 9.17) is 4.74 Å². The van der Waals surface area contributed by atoms with Crippen LogP contribution in [-0.4, -0.2) is 40.6 Å². The number of aryl methyl sites for hydroxylation is 1. The molecule has 3 heterocycles. The third-order valence-corrected chi connectivity index (χ3v) is 5.87. The minimum atomic E-state index is 0.108. The number of aromatic nitrogens is 2. The molecule has 1 atom stereocenters. The monoisotopic (exact) mass is 345 g/mol. The van der Waals surface area contributed by atoms with Crippen LogP contribution in [-0.2, 0) is 17.8 Å². The smallest absolute Gasteiger partial charge is 0.264 e. The molecule has 4 rings (SSSR count). The van der Waals surface area contributed by atoms with Gasteiger partial charge in [-0.05, 0) is 37.8 Å². The number of imidazole rings is 1. The van der Waals surface area contributed by atoms with E-state index in [1.807, 2.05) is 30.3 Å². The fourth-order valence-corrected chi connectivity index (χ4v) is 4.38. The van der Waals surface area contributed by atoms with E-state index in [9.17, 15) is 4.79 Å². The van der Waals surface area contributed by atoms with Gasteiger partial charge in [-0.2, -0.15) is 0 Å². The third kappa shape index (κ3) is 3.00. The van der Waals surface area contributed by atoms with Crippen molar-refractivity contribution >= 4 is 17.2 Å². The maximum absolute atomic E-state index is 12.8. The number of ether oxygens (including phenoxy) is 1. The van der Waals surface area contributed by atoms with Crippen molar-refractivity contribution in [3.8, 4) is 0 Å². The number of hydrogen-bond donors (Lipinski definition) is 0. The Kier molecular flexibility index (Phi) is 4.18. The molecule has 2 aromatic rings. The Morgan fingerprint density at radius 3 is 2.92 bits per heavy atom. The number of fused-ring (bicyclic) bond motifs is 1. The summed E-state index contributed by atoms with van der Waals surface area (Å²) in [5.41, 5.74) is 2.31. The van der Waals surface area contributed by atoms with Gasteiger partial charge in [0.25, 0.3) is 5.91 Å². The molecule has 2 aliphatic rings. The highest BCUT2D eigenvalue weighted by Crippen LogP contribution is 2.35. The molecule has 1 fully saturated rings. The number of amides is 1. The van der Waals surface area contributed by atoms with Gasteiger partial charge in [0.1, 0.15) is 0 Å². The molecule has 1 aliphatic heterocycles. The van der Waals surface area contributed by atoms with Crippen LogP contribution in [0, 0.1) is 12.8 Å². The van der Waals surface area contributed by atoms with Crippen molar-refractivity contribution in [2.45, 2.75) is 38.8 Å². The lowest BCUT2D eigenvalue weighted by atomic mass is 9.98. The molecule has 0 bridgehead atoms. The summed E-state index contributed by atoms with van der Waals surface area (Å²) in [6.07, 6.45) is 4.60. The summed E-state index contributed by atoms with van der Waals surface area (Å²) in [7, 11) is 1.73. The van der Waals surface area contributed by atoms with Crippen molar-refractivity contribution in [3.63, 3.8) is 0 Å². The van der Waals surface area contributed by atoms with E-state index in [1.54, 1.807) is 18.4 Å². The number of carbonyl (C=O) groups excluding carboxylic acids is 1. The predicted molar refractivity (Wildman–Crippen MR) is 93.4 cm³/mol. The summed E-state index contributed by atoms with van der Waals surface area (Å²) in [6, 6.07) is 3.93. The largest absolute Gasteiger partial charge is 0.384 e. The van der Waals surface area contributed by atoms with E-state index in [2.05, 4.69) is 9.55 Å². The highest BCUT2D eigenvalue weighted by molar-refractivity contribution is 7.13. The zero-order chi connectivity index (χ0) is 16.7. The second-order valence-corrected chi connectivity index (χ2v) is 8.21. The van der Waals surface area contributed by atoms with Crippen LogP contribution < -0.4 is 0 Å². The van der Waals surface area contributed by atoms with Crippen molar-refractivity contribution in [1.82, 2.24) is 14.5 Å².